The Bertz CT molecular complexity index is 995. The van der Waals surface area contributed by atoms with Crippen LogP contribution in [0.1, 0.15) is 62.9 Å². The summed E-state index contributed by atoms with van der Waals surface area (Å²) in [5.74, 6) is 1.29. The van der Waals surface area contributed by atoms with Crippen molar-refractivity contribution < 1.29 is 9.53 Å². The van der Waals surface area contributed by atoms with Crippen LogP contribution in [0.3, 0.4) is 0 Å². The molecule has 1 aliphatic heterocycles. The minimum atomic E-state index is 0.00762. The number of ether oxygens (including phenoxy) is 1. The van der Waals surface area contributed by atoms with E-state index in [2.05, 4.69) is 61.7 Å². The zero-order chi connectivity index (χ0) is 22.1. The maximum absolute atomic E-state index is 12.9. The Balaban J connectivity index is 1.75. The van der Waals surface area contributed by atoms with E-state index in [9.17, 15) is 10.1 Å². The summed E-state index contributed by atoms with van der Waals surface area (Å²) < 4.78 is 6.68. The predicted molar refractivity (Wildman–Crippen MR) is 128 cm³/mol. The standard InChI is InChI=1S/C24H26ClIN2O2/c1-23(2)12-15(13-24(3,4)28-23)10-20(29)16-8-9-22(18(25)11-16)30-21-7-5-6-19(26)17(21)14-27/h5-9,11,15,28H,10,12-13H2,1-4H3. The van der Waals surface area contributed by atoms with E-state index < -0.39 is 0 Å². The van der Waals surface area contributed by atoms with E-state index in [-0.39, 0.29) is 16.9 Å². The SMILES string of the molecule is CC1(C)CC(CC(=O)c2ccc(Oc3cccc(I)c3C#N)c(Cl)c2)CC(C)(C)N1. The Hall–Kier alpha value is -1.62. The highest BCUT2D eigenvalue weighted by molar-refractivity contribution is 14.1. The molecule has 3 rings (SSSR count). The lowest BCUT2D eigenvalue weighted by atomic mass is 9.74. The van der Waals surface area contributed by atoms with Gasteiger partial charge in [0.25, 0.3) is 0 Å². The van der Waals surface area contributed by atoms with Gasteiger partial charge in [-0.2, -0.15) is 5.26 Å². The van der Waals surface area contributed by atoms with Crippen LogP contribution in [0.15, 0.2) is 36.4 Å². The molecule has 30 heavy (non-hydrogen) atoms. The first-order valence-electron chi connectivity index (χ1n) is 9.98. The third-order valence-corrected chi connectivity index (χ3v) is 6.50. The first-order chi connectivity index (χ1) is 14.0. The molecule has 6 heteroatoms. The molecule has 0 spiro atoms. The Morgan fingerprint density at radius 3 is 2.47 bits per heavy atom. The van der Waals surface area contributed by atoms with Crippen LogP contribution < -0.4 is 10.1 Å². The molecule has 0 saturated carbocycles. The highest BCUT2D eigenvalue weighted by Gasteiger charge is 2.38. The average Bonchev–Trinajstić information content (AvgIpc) is 2.60. The normalized spacial score (nSPS) is 17.9. The second kappa shape index (κ2) is 8.86. The van der Waals surface area contributed by atoms with Crippen molar-refractivity contribution in [3.05, 3.63) is 56.1 Å². The van der Waals surface area contributed by atoms with Crippen molar-refractivity contribution >= 4 is 40.0 Å². The van der Waals surface area contributed by atoms with Crippen LogP contribution in [0.25, 0.3) is 0 Å². The van der Waals surface area contributed by atoms with E-state index in [1.54, 1.807) is 24.3 Å². The van der Waals surface area contributed by atoms with Crippen LogP contribution in [0, 0.1) is 20.8 Å². The summed E-state index contributed by atoms with van der Waals surface area (Å²) in [5, 5.41) is 13.4. The van der Waals surface area contributed by atoms with Crippen LogP contribution in [0.4, 0.5) is 0 Å². The fourth-order valence-corrected chi connectivity index (χ4v) is 5.44. The van der Waals surface area contributed by atoms with Gasteiger partial charge in [-0.25, -0.2) is 0 Å². The van der Waals surface area contributed by atoms with Gasteiger partial charge in [-0.15, -0.1) is 0 Å². The highest BCUT2D eigenvalue weighted by Crippen LogP contribution is 2.37. The number of carbonyl (C=O) groups is 1. The second-order valence-corrected chi connectivity index (χ2v) is 10.8. The Kier molecular flexibility index (Phi) is 6.81. The molecule has 1 fully saturated rings. The van der Waals surface area contributed by atoms with Gasteiger partial charge in [0.1, 0.15) is 23.1 Å². The number of carbonyl (C=O) groups excluding carboxylic acids is 1. The first kappa shape index (κ1) is 23.1. The maximum Gasteiger partial charge on any atom is 0.163 e. The fourth-order valence-electron chi connectivity index (χ4n) is 4.63. The molecule has 2 aromatic rings. The van der Waals surface area contributed by atoms with Crippen LogP contribution in [-0.2, 0) is 0 Å². The molecule has 2 aromatic carbocycles. The smallest absolute Gasteiger partial charge is 0.163 e. The van der Waals surface area contributed by atoms with Crippen molar-refractivity contribution in [3.63, 3.8) is 0 Å². The summed E-state index contributed by atoms with van der Waals surface area (Å²) in [4.78, 5) is 12.9. The molecule has 4 nitrogen and oxygen atoms in total. The first-order valence-corrected chi connectivity index (χ1v) is 11.4. The number of rotatable bonds is 5. The van der Waals surface area contributed by atoms with Crippen molar-refractivity contribution in [1.29, 1.82) is 5.26 Å². The van der Waals surface area contributed by atoms with E-state index in [0.717, 1.165) is 16.4 Å². The summed E-state index contributed by atoms with van der Waals surface area (Å²) >= 11 is 8.52. The van der Waals surface area contributed by atoms with E-state index in [1.165, 1.54) is 0 Å². The molecule has 1 N–H and O–H groups in total. The van der Waals surface area contributed by atoms with Gasteiger partial charge in [0.15, 0.2) is 5.78 Å². The van der Waals surface area contributed by atoms with Crippen LogP contribution in [-0.4, -0.2) is 16.9 Å². The van der Waals surface area contributed by atoms with Gasteiger partial charge >= 0.3 is 0 Å². The van der Waals surface area contributed by atoms with Gasteiger partial charge < -0.3 is 10.1 Å². The summed E-state index contributed by atoms with van der Waals surface area (Å²) in [6.07, 6.45) is 2.42. The van der Waals surface area contributed by atoms with Gasteiger partial charge in [-0.05, 0) is 99.4 Å². The number of hydrogen-bond acceptors (Lipinski definition) is 4. The fraction of sp³-hybridized carbons (Fsp3) is 0.417. The number of benzene rings is 2. The Morgan fingerprint density at radius 2 is 1.87 bits per heavy atom. The molecule has 0 atom stereocenters. The maximum atomic E-state index is 12.9. The van der Waals surface area contributed by atoms with E-state index in [1.807, 2.05) is 12.1 Å². The molecule has 0 bridgehead atoms. The predicted octanol–water partition coefficient (Wildman–Crippen LogP) is 6.74. The van der Waals surface area contributed by atoms with Crippen molar-refractivity contribution in [2.75, 3.05) is 0 Å². The van der Waals surface area contributed by atoms with Crippen molar-refractivity contribution in [2.45, 2.75) is 58.0 Å². The lowest BCUT2D eigenvalue weighted by Crippen LogP contribution is -2.57. The molecular weight excluding hydrogens is 511 g/mol. The van der Waals surface area contributed by atoms with Crippen molar-refractivity contribution in [1.82, 2.24) is 5.32 Å². The highest BCUT2D eigenvalue weighted by atomic mass is 127. The summed E-state index contributed by atoms with van der Waals surface area (Å²) in [6.45, 7) is 8.76. The van der Waals surface area contributed by atoms with Gasteiger partial charge in [0, 0.05) is 26.6 Å². The number of hydrogen-bond donors (Lipinski definition) is 1. The minimum absolute atomic E-state index is 0.00762. The van der Waals surface area contributed by atoms with Gasteiger partial charge in [-0.3, -0.25) is 4.79 Å². The lowest BCUT2D eigenvalue weighted by molar-refractivity contribution is 0.0864. The monoisotopic (exact) mass is 536 g/mol. The number of halogens is 2. The topological polar surface area (TPSA) is 62.1 Å². The molecule has 1 aliphatic rings. The number of nitrogens with zero attached hydrogens (tertiary/aromatic N) is 1. The average molecular weight is 537 g/mol. The summed E-state index contributed by atoms with van der Waals surface area (Å²) in [5.41, 5.74) is 1.07. The quantitative estimate of drug-likeness (QED) is 0.340. The number of Topliss-reactive ketones (excluding diaryl/α,β-unsaturated/α-hetero) is 1. The van der Waals surface area contributed by atoms with Crippen molar-refractivity contribution in [3.8, 4) is 17.6 Å². The van der Waals surface area contributed by atoms with Crippen molar-refractivity contribution in [2.24, 2.45) is 5.92 Å². The molecule has 0 aliphatic carbocycles. The summed E-state index contributed by atoms with van der Waals surface area (Å²) in [6, 6.07) is 12.7. The second-order valence-electron chi connectivity index (χ2n) is 9.27. The Labute approximate surface area is 197 Å². The molecule has 0 radical (unpaired) electrons. The van der Waals surface area contributed by atoms with Crippen LogP contribution in [0.5, 0.6) is 11.5 Å². The van der Waals surface area contributed by atoms with Gasteiger partial charge in [-0.1, -0.05) is 17.7 Å². The number of nitriles is 1. The molecule has 0 amide bonds. The Morgan fingerprint density at radius 1 is 1.20 bits per heavy atom. The van der Waals surface area contributed by atoms with Gasteiger partial charge in [0.05, 0.1) is 5.02 Å². The zero-order valence-electron chi connectivity index (χ0n) is 17.7. The zero-order valence-corrected chi connectivity index (χ0v) is 20.6. The van der Waals surface area contributed by atoms with E-state index in [4.69, 9.17) is 16.3 Å². The minimum Gasteiger partial charge on any atom is -0.454 e. The molecule has 1 saturated heterocycles. The molecule has 0 unspecified atom stereocenters. The van der Waals surface area contributed by atoms with E-state index >= 15 is 0 Å². The molecule has 158 valence electrons. The third-order valence-electron chi connectivity index (χ3n) is 5.31. The lowest BCUT2D eigenvalue weighted by Gasteiger charge is -2.46. The van der Waals surface area contributed by atoms with E-state index in [0.29, 0.717) is 40.0 Å². The molecule has 0 aromatic heterocycles. The van der Waals surface area contributed by atoms with Crippen LogP contribution in [0.2, 0.25) is 5.02 Å². The summed E-state index contributed by atoms with van der Waals surface area (Å²) in [7, 11) is 0. The number of nitrogens with one attached hydrogen (secondary N) is 1. The van der Waals surface area contributed by atoms with Gasteiger partial charge in [0.2, 0.25) is 0 Å². The molecule has 1 heterocycles. The largest absolute Gasteiger partial charge is 0.454 e. The third kappa shape index (κ3) is 5.54. The molecular formula is C24H26ClIN2O2. The number of piperidine rings is 1. The number of ketones is 1. The van der Waals surface area contributed by atoms with Crippen LogP contribution >= 0.6 is 34.2 Å².